The van der Waals surface area contributed by atoms with Gasteiger partial charge in [0.1, 0.15) is 6.61 Å². The zero-order valence-corrected chi connectivity index (χ0v) is 10.2. The first kappa shape index (κ1) is 13.4. The van der Waals surface area contributed by atoms with Crippen molar-refractivity contribution in [1.29, 1.82) is 0 Å². The molecule has 1 rings (SSSR count). The Kier molecular flexibility index (Phi) is 4.40. The molecule has 0 spiro atoms. The van der Waals surface area contributed by atoms with E-state index in [0.717, 1.165) is 22.3 Å². The second-order valence-electron chi connectivity index (χ2n) is 4.06. The lowest BCUT2D eigenvalue weighted by Crippen LogP contribution is -2.17. The molecule has 0 amide bonds. The number of benzene rings is 1. The molecule has 4 nitrogen and oxygen atoms in total. The van der Waals surface area contributed by atoms with Gasteiger partial charge < -0.3 is 9.84 Å². The van der Waals surface area contributed by atoms with Crippen LogP contribution in [0.1, 0.15) is 22.3 Å². The number of ether oxygens (including phenoxy) is 1. The summed E-state index contributed by atoms with van der Waals surface area (Å²) in [5.41, 5.74) is 3.99. The summed E-state index contributed by atoms with van der Waals surface area (Å²) in [6.45, 7) is 5.03. The molecule has 0 fully saturated rings. The average Bonchev–Trinajstić information content (AvgIpc) is 2.23. The molecule has 0 heterocycles. The number of aliphatic hydroxyl groups is 1. The number of hydrogen-bond donors (Lipinski definition) is 1. The second kappa shape index (κ2) is 5.59. The second-order valence-corrected chi connectivity index (χ2v) is 4.06. The summed E-state index contributed by atoms with van der Waals surface area (Å²) in [5.74, 6) is -1.56. The minimum atomic E-state index is -0.919. The normalized spacial score (nSPS) is 10.1. The predicted molar refractivity (Wildman–Crippen MR) is 62.5 cm³/mol. The average molecular weight is 236 g/mol. The molecule has 0 bridgehead atoms. The highest BCUT2D eigenvalue weighted by Gasteiger charge is 2.13. The van der Waals surface area contributed by atoms with Crippen LogP contribution in [0, 0.1) is 20.8 Å². The fourth-order valence-corrected chi connectivity index (χ4v) is 1.83. The van der Waals surface area contributed by atoms with Gasteiger partial charge in [-0.05, 0) is 37.5 Å². The van der Waals surface area contributed by atoms with E-state index >= 15 is 0 Å². The molecule has 0 unspecified atom stereocenters. The monoisotopic (exact) mass is 236 g/mol. The third-order valence-corrected chi connectivity index (χ3v) is 2.52. The summed E-state index contributed by atoms with van der Waals surface area (Å²) in [7, 11) is 0. The number of aryl methyl sites for hydroxylation is 3. The third-order valence-electron chi connectivity index (χ3n) is 2.52. The lowest BCUT2D eigenvalue weighted by Gasteiger charge is -2.10. The first-order valence-electron chi connectivity index (χ1n) is 5.35. The van der Waals surface area contributed by atoms with Crippen molar-refractivity contribution in [2.45, 2.75) is 27.2 Å². The summed E-state index contributed by atoms with van der Waals surface area (Å²) < 4.78 is 4.42. The minimum absolute atomic E-state index is 0.0453. The number of esters is 2. The van der Waals surface area contributed by atoms with Crippen molar-refractivity contribution in [2.24, 2.45) is 0 Å². The lowest BCUT2D eigenvalue weighted by molar-refractivity contribution is -0.161. The van der Waals surface area contributed by atoms with Crippen molar-refractivity contribution >= 4 is 11.9 Å². The fourth-order valence-electron chi connectivity index (χ4n) is 1.83. The molecular weight excluding hydrogens is 220 g/mol. The number of hydrogen-bond acceptors (Lipinski definition) is 4. The van der Waals surface area contributed by atoms with E-state index in [0.29, 0.717) is 0 Å². The van der Waals surface area contributed by atoms with Crippen LogP contribution in [0.15, 0.2) is 12.1 Å². The lowest BCUT2D eigenvalue weighted by atomic mass is 9.97. The Hall–Kier alpha value is -1.68. The van der Waals surface area contributed by atoms with Gasteiger partial charge in [-0.15, -0.1) is 0 Å². The molecule has 1 N–H and O–H groups in total. The van der Waals surface area contributed by atoms with Crippen LogP contribution in [-0.4, -0.2) is 23.7 Å². The predicted octanol–water partition coefficient (Wildman–Crippen LogP) is 1.22. The Morgan fingerprint density at radius 2 is 1.65 bits per heavy atom. The Balaban J connectivity index is 2.82. The third kappa shape index (κ3) is 3.67. The highest BCUT2D eigenvalue weighted by Crippen LogP contribution is 2.17. The molecule has 0 aromatic heterocycles. The standard InChI is InChI=1S/C13H16O4/c1-8-4-9(2)11(10(3)5-8)6-12(15)17-13(16)7-14/h4-5,14H,6-7H2,1-3H3. The zero-order chi connectivity index (χ0) is 13.0. The summed E-state index contributed by atoms with van der Waals surface area (Å²) >= 11 is 0. The van der Waals surface area contributed by atoms with Gasteiger partial charge in [-0.1, -0.05) is 17.7 Å². The SMILES string of the molecule is Cc1cc(C)c(CC(=O)OC(=O)CO)c(C)c1. The molecule has 0 saturated carbocycles. The van der Waals surface area contributed by atoms with Gasteiger partial charge >= 0.3 is 11.9 Å². The van der Waals surface area contributed by atoms with Crippen LogP contribution in [-0.2, 0) is 20.7 Å². The molecule has 0 aliphatic carbocycles. The summed E-state index contributed by atoms with van der Waals surface area (Å²) in [4.78, 5) is 22.2. The molecule has 0 aliphatic heterocycles. The van der Waals surface area contributed by atoms with E-state index in [1.165, 1.54) is 0 Å². The summed E-state index contributed by atoms with van der Waals surface area (Å²) in [5, 5.41) is 8.47. The van der Waals surface area contributed by atoms with Crippen molar-refractivity contribution in [2.75, 3.05) is 6.61 Å². The maximum atomic E-state index is 11.4. The molecular formula is C13H16O4. The van der Waals surface area contributed by atoms with E-state index in [4.69, 9.17) is 5.11 Å². The molecule has 17 heavy (non-hydrogen) atoms. The zero-order valence-electron chi connectivity index (χ0n) is 10.2. The van der Waals surface area contributed by atoms with Crippen molar-refractivity contribution in [3.8, 4) is 0 Å². The van der Waals surface area contributed by atoms with E-state index in [9.17, 15) is 9.59 Å². The van der Waals surface area contributed by atoms with Crippen LogP contribution in [0.4, 0.5) is 0 Å². The number of carbonyl (C=O) groups excluding carboxylic acids is 2. The van der Waals surface area contributed by atoms with E-state index in [1.807, 2.05) is 32.9 Å². The maximum absolute atomic E-state index is 11.4. The van der Waals surface area contributed by atoms with Gasteiger partial charge in [-0.25, -0.2) is 4.79 Å². The van der Waals surface area contributed by atoms with Crippen LogP contribution in [0.3, 0.4) is 0 Å². The van der Waals surface area contributed by atoms with Gasteiger partial charge in [0.15, 0.2) is 0 Å². The van der Waals surface area contributed by atoms with E-state index in [1.54, 1.807) is 0 Å². The fraction of sp³-hybridized carbons (Fsp3) is 0.385. The van der Waals surface area contributed by atoms with Crippen molar-refractivity contribution in [3.63, 3.8) is 0 Å². The van der Waals surface area contributed by atoms with Crippen molar-refractivity contribution in [1.82, 2.24) is 0 Å². The first-order chi connectivity index (χ1) is 7.93. The van der Waals surface area contributed by atoms with Gasteiger partial charge in [0.2, 0.25) is 0 Å². The first-order valence-corrected chi connectivity index (χ1v) is 5.35. The van der Waals surface area contributed by atoms with Crippen molar-refractivity contribution in [3.05, 3.63) is 34.4 Å². The Bertz CT molecular complexity index is 426. The number of aliphatic hydroxyl groups excluding tert-OH is 1. The number of rotatable bonds is 3. The highest BCUT2D eigenvalue weighted by molar-refractivity contribution is 5.87. The van der Waals surface area contributed by atoms with E-state index < -0.39 is 18.5 Å². The molecule has 1 aromatic rings. The molecule has 0 atom stereocenters. The quantitative estimate of drug-likeness (QED) is 0.633. The Labute approximate surface area is 100 Å². The Morgan fingerprint density at radius 1 is 1.12 bits per heavy atom. The van der Waals surface area contributed by atoms with Crippen LogP contribution < -0.4 is 0 Å². The van der Waals surface area contributed by atoms with E-state index in [2.05, 4.69) is 4.74 Å². The van der Waals surface area contributed by atoms with Gasteiger partial charge in [0, 0.05) is 0 Å². The van der Waals surface area contributed by atoms with Gasteiger partial charge in [0.25, 0.3) is 0 Å². The van der Waals surface area contributed by atoms with Gasteiger partial charge in [0.05, 0.1) is 6.42 Å². The van der Waals surface area contributed by atoms with Crippen LogP contribution in [0.25, 0.3) is 0 Å². The Morgan fingerprint density at radius 3 is 2.12 bits per heavy atom. The van der Waals surface area contributed by atoms with Crippen molar-refractivity contribution < 1.29 is 19.4 Å². The molecule has 0 aliphatic rings. The van der Waals surface area contributed by atoms with Crippen LogP contribution in [0.5, 0.6) is 0 Å². The molecule has 92 valence electrons. The summed E-state index contributed by atoms with van der Waals surface area (Å²) in [6.07, 6.45) is 0.0453. The smallest absolute Gasteiger partial charge is 0.339 e. The molecule has 1 aromatic carbocycles. The molecule has 0 radical (unpaired) electrons. The highest BCUT2D eigenvalue weighted by atomic mass is 16.6. The molecule has 4 heteroatoms. The van der Waals surface area contributed by atoms with Gasteiger partial charge in [-0.3, -0.25) is 4.79 Å². The maximum Gasteiger partial charge on any atom is 0.339 e. The minimum Gasteiger partial charge on any atom is -0.391 e. The van der Waals surface area contributed by atoms with Gasteiger partial charge in [-0.2, -0.15) is 0 Å². The largest absolute Gasteiger partial charge is 0.391 e. The van der Waals surface area contributed by atoms with E-state index in [-0.39, 0.29) is 6.42 Å². The topological polar surface area (TPSA) is 63.6 Å². The summed E-state index contributed by atoms with van der Waals surface area (Å²) in [6, 6.07) is 3.95. The number of carbonyl (C=O) groups is 2. The molecule has 0 saturated heterocycles. The van der Waals surface area contributed by atoms with Crippen LogP contribution in [0.2, 0.25) is 0 Å². The van der Waals surface area contributed by atoms with Crippen LogP contribution >= 0.6 is 0 Å².